The lowest BCUT2D eigenvalue weighted by atomic mass is 9.89. The van der Waals surface area contributed by atoms with Gasteiger partial charge in [0.2, 0.25) is 0 Å². The fraction of sp³-hybridized carbons (Fsp3) is 0.900. The number of carboxylic acids is 1. The molecule has 1 unspecified atom stereocenters. The van der Waals surface area contributed by atoms with Gasteiger partial charge in [0.15, 0.2) is 0 Å². The van der Waals surface area contributed by atoms with E-state index in [1.807, 2.05) is 20.8 Å². The number of carbonyl (C=O) groups is 1. The number of methoxy groups -OCH3 is 1. The maximum atomic E-state index is 10.7. The quantitative estimate of drug-likeness (QED) is 0.579. The van der Waals surface area contributed by atoms with Gasteiger partial charge in [0, 0.05) is 7.11 Å². The van der Waals surface area contributed by atoms with Gasteiger partial charge in [-0.15, -0.1) is 0 Å². The molecule has 0 saturated carbocycles. The van der Waals surface area contributed by atoms with Crippen LogP contribution in [0.4, 0.5) is 0 Å². The van der Waals surface area contributed by atoms with E-state index in [1.165, 1.54) is 0 Å². The first kappa shape index (κ1) is 13.4. The first-order chi connectivity index (χ1) is 6.37. The average molecular weight is 203 g/mol. The summed E-state index contributed by atoms with van der Waals surface area (Å²) in [4.78, 5) is 10.7. The maximum absolute atomic E-state index is 10.7. The Morgan fingerprint density at radius 2 is 1.93 bits per heavy atom. The minimum atomic E-state index is -1.16. The highest BCUT2D eigenvalue weighted by atomic mass is 16.5. The Bertz CT molecular complexity index is 171. The van der Waals surface area contributed by atoms with Crippen molar-refractivity contribution in [3.8, 4) is 0 Å². The van der Waals surface area contributed by atoms with Crippen molar-refractivity contribution in [2.75, 3.05) is 20.3 Å². The molecule has 0 N–H and O–H groups in total. The lowest BCUT2D eigenvalue weighted by Crippen LogP contribution is -2.40. The van der Waals surface area contributed by atoms with Gasteiger partial charge in [0.1, 0.15) is 0 Å². The van der Waals surface area contributed by atoms with E-state index in [-0.39, 0.29) is 12.0 Å². The predicted molar refractivity (Wildman–Crippen MR) is 50.7 cm³/mol. The molecule has 1 atom stereocenters. The lowest BCUT2D eigenvalue weighted by molar-refractivity contribution is -0.318. The number of aliphatic carboxylic acids is 1. The molecule has 0 saturated heterocycles. The summed E-state index contributed by atoms with van der Waals surface area (Å²) < 4.78 is 9.90. The molecule has 0 rings (SSSR count). The molecule has 0 aliphatic rings. The van der Waals surface area contributed by atoms with Crippen molar-refractivity contribution in [1.29, 1.82) is 0 Å². The summed E-state index contributed by atoms with van der Waals surface area (Å²) in [6.07, 6.45) is -0.399. The number of hydrogen-bond acceptors (Lipinski definition) is 4. The highest BCUT2D eigenvalue weighted by Gasteiger charge is 2.19. The van der Waals surface area contributed by atoms with Gasteiger partial charge in [-0.2, -0.15) is 0 Å². The van der Waals surface area contributed by atoms with Crippen molar-refractivity contribution >= 4 is 5.97 Å². The largest absolute Gasteiger partial charge is 0.547 e. The average Bonchev–Trinajstić information content (AvgIpc) is 2.00. The SMILES string of the molecule is COCCOC(CC(C)(C)C)C(=O)[O-]. The molecule has 0 bridgehead atoms. The molecule has 84 valence electrons. The van der Waals surface area contributed by atoms with E-state index in [9.17, 15) is 9.90 Å². The Morgan fingerprint density at radius 3 is 2.29 bits per heavy atom. The summed E-state index contributed by atoms with van der Waals surface area (Å²) in [7, 11) is 1.54. The van der Waals surface area contributed by atoms with Gasteiger partial charge in [-0.1, -0.05) is 20.8 Å². The highest BCUT2D eigenvalue weighted by molar-refractivity contribution is 5.69. The smallest absolute Gasteiger partial charge is 0.0974 e. The third-order valence-electron chi connectivity index (χ3n) is 1.67. The van der Waals surface area contributed by atoms with Gasteiger partial charge >= 0.3 is 0 Å². The van der Waals surface area contributed by atoms with Crippen LogP contribution in [0.25, 0.3) is 0 Å². The summed E-state index contributed by atoms with van der Waals surface area (Å²) in [5.41, 5.74) is -0.0855. The van der Waals surface area contributed by atoms with Crippen LogP contribution in [-0.2, 0) is 14.3 Å². The van der Waals surface area contributed by atoms with Crippen LogP contribution in [0.2, 0.25) is 0 Å². The third-order valence-corrected chi connectivity index (χ3v) is 1.67. The van der Waals surface area contributed by atoms with Crippen LogP contribution in [-0.4, -0.2) is 32.4 Å². The second-order valence-electron chi connectivity index (χ2n) is 4.44. The number of ether oxygens (including phenoxy) is 2. The van der Waals surface area contributed by atoms with Crippen molar-refractivity contribution in [3.05, 3.63) is 0 Å². The van der Waals surface area contributed by atoms with Gasteiger partial charge < -0.3 is 19.4 Å². The number of rotatable bonds is 6. The summed E-state index contributed by atoms with van der Waals surface area (Å²) in [6.45, 7) is 6.56. The molecule has 14 heavy (non-hydrogen) atoms. The van der Waals surface area contributed by atoms with E-state index in [2.05, 4.69) is 0 Å². The zero-order valence-electron chi connectivity index (χ0n) is 9.33. The molecule has 0 fully saturated rings. The Labute approximate surface area is 85.2 Å². The molecule has 0 aromatic carbocycles. The van der Waals surface area contributed by atoms with Crippen LogP contribution in [0.3, 0.4) is 0 Å². The van der Waals surface area contributed by atoms with E-state index in [1.54, 1.807) is 7.11 Å². The Kier molecular flexibility index (Phi) is 5.72. The van der Waals surface area contributed by atoms with Crippen LogP contribution in [0, 0.1) is 5.41 Å². The first-order valence-electron chi connectivity index (χ1n) is 4.68. The fourth-order valence-electron chi connectivity index (χ4n) is 1.04. The molecule has 0 radical (unpaired) electrons. The van der Waals surface area contributed by atoms with Crippen molar-refractivity contribution in [1.82, 2.24) is 0 Å². The molecule has 0 aromatic heterocycles. The molecule has 0 heterocycles. The zero-order valence-corrected chi connectivity index (χ0v) is 9.33. The zero-order chi connectivity index (χ0) is 11.2. The lowest BCUT2D eigenvalue weighted by Gasteiger charge is -2.26. The fourth-order valence-corrected chi connectivity index (χ4v) is 1.04. The van der Waals surface area contributed by atoms with E-state index < -0.39 is 12.1 Å². The monoisotopic (exact) mass is 203 g/mol. The molecule has 0 aliphatic carbocycles. The molecule has 0 amide bonds. The van der Waals surface area contributed by atoms with E-state index in [4.69, 9.17) is 9.47 Å². The first-order valence-corrected chi connectivity index (χ1v) is 4.68. The van der Waals surface area contributed by atoms with Crippen molar-refractivity contribution in [3.63, 3.8) is 0 Å². The number of hydrogen-bond donors (Lipinski definition) is 0. The predicted octanol–water partition coefficient (Wildman–Crippen LogP) is 0.204. The summed E-state index contributed by atoms with van der Waals surface area (Å²) in [6, 6.07) is 0. The minimum Gasteiger partial charge on any atom is -0.547 e. The molecule has 0 aromatic rings. The van der Waals surface area contributed by atoms with Crippen molar-refractivity contribution < 1.29 is 19.4 Å². The summed E-state index contributed by atoms with van der Waals surface area (Å²) in [5, 5.41) is 10.7. The van der Waals surface area contributed by atoms with Crippen LogP contribution in [0.5, 0.6) is 0 Å². The van der Waals surface area contributed by atoms with E-state index >= 15 is 0 Å². The Hall–Kier alpha value is -0.610. The molecular weight excluding hydrogens is 184 g/mol. The summed E-state index contributed by atoms with van der Waals surface area (Å²) >= 11 is 0. The van der Waals surface area contributed by atoms with E-state index in [0.29, 0.717) is 13.0 Å². The maximum Gasteiger partial charge on any atom is 0.0974 e. The molecular formula is C10H19O4-. The third kappa shape index (κ3) is 6.86. The van der Waals surface area contributed by atoms with Crippen LogP contribution >= 0.6 is 0 Å². The molecule has 0 spiro atoms. The van der Waals surface area contributed by atoms with Crippen LogP contribution in [0.1, 0.15) is 27.2 Å². The Morgan fingerprint density at radius 1 is 1.36 bits per heavy atom. The van der Waals surface area contributed by atoms with Gasteiger partial charge in [-0.25, -0.2) is 0 Å². The normalized spacial score (nSPS) is 14.0. The van der Waals surface area contributed by atoms with Crippen molar-refractivity contribution in [2.24, 2.45) is 5.41 Å². The molecule has 4 nitrogen and oxygen atoms in total. The van der Waals surface area contributed by atoms with Gasteiger partial charge in [-0.3, -0.25) is 0 Å². The molecule has 0 aliphatic heterocycles. The van der Waals surface area contributed by atoms with Gasteiger partial charge in [0.25, 0.3) is 0 Å². The van der Waals surface area contributed by atoms with Crippen LogP contribution in [0.15, 0.2) is 0 Å². The van der Waals surface area contributed by atoms with Gasteiger partial charge in [-0.05, 0) is 11.8 Å². The number of carbonyl (C=O) groups excluding carboxylic acids is 1. The summed E-state index contributed by atoms with van der Waals surface area (Å²) in [5.74, 6) is -1.16. The standard InChI is InChI=1S/C10H20O4/c1-10(2,3)7-8(9(11)12)14-6-5-13-4/h8H,5-7H2,1-4H3,(H,11,12)/p-1. The minimum absolute atomic E-state index is 0.0855. The van der Waals surface area contributed by atoms with Crippen molar-refractivity contribution in [2.45, 2.75) is 33.3 Å². The van der Waals surface area contributed by atoms with E-state index in [0.717, 1.165) is 0 Å². The Balaban J connectivity index is 3.97. The van der Waals surface area contributed by atoms with Crippen LogP contribution < -0.4 is 5.11 Å². The topological polar surface area (TPSA) is 58.6 Å². The number of carboxylic acid groups (broad SMARTS) is 1. The second-order valence-corrected chi connectivity index (χ2v) is 4.44. The second kappa shape index (κ2) is 5.98. The highest BCUT2D eigenvalue weighted by Crippen LogP contribution is 2.22. The molecule has 4 heteroatoms. The van der Waals surface area contributed by atoms with Gasteiger partial charge in [0.05, 0.1) is 25.3 Å².